The second kappa shape index (κ2) is 6.60. The number of halogens is 1. The van der Waals surface area contributed by atoms with E-state index in [1.807, 2.05) is 31.2 Å². The summed E-state index contributed by atoms with van der Waals surface area (Å²) in [7, 11) is 0. The molecule has 1 aromatic rings. The van der Waals surface area contributed by atoms with Crippen LogP contribution in [0.3, 0.4) is 0 Å². The van der Waals surface area contributed by atoms with Crippen LogP contribution in [0, 0.1) is 0 Å². The third kappa shape index (κ3) is 4.68. The molecule has 1 unspecified atom stereocenters. The third-order valence-electron chi connectivity index (χ3n) is 3.66. The molecule has 3 nitrogen and oxygen atoms in total. The van der Waals surface area contributed by atoms with Crippen LogP contribution in [-0.2, 0) is 0 Å². The van der Waals surface area contributed by atoms with Gasteiger partial charge in [-0.2, -0.15) is 0 Å². The van der Waals surface area contributed by atoms with Gasteiger partial charge in [-0.15, -0.1) is 0 Å². The molecule has 0 spiro atoms. The summed E-state index contributed by atoms with van der Waals surface area (Å²) in [5, 5.41) is 10.7. The van der Waals surface area contributed by atoms with Crippen LogP contribution in [0.25, 0.3) is 0 Å². The number of benzene rings is 1. The lowest BCUT2D eigenvalue weighted by atomic mass is 9.98. The SMILES string of the molecule is CC1(O)CCCN(CCOc2ccccc2Cl)CC1. The molecule has 0 aliphatic carbocycles. The van der Waals surface area contributed by atoms with Crippen molar-refractivity contribution in [2.75, 3.05) is 26.2 Å². The van der Waals surface area contributed by atoms with Crippen LogP contribution < -0.4 is 4.74 Å². The first-order valence-corrected chi connectivity index (χ1v) is 7.27. The highest BCUT2D eigenvalue weighted by atomic mass is 35.5. The average molecular weight is 284 g/mol. The van der Waals surface area contributed by atoms with Gasteiger partial charge in [0, 0.05) is 13.1 Å². The van der Waals surface area contributed by atoms with Crippen LogP contribution in [0.15, 0.2) is 24.3 Å². The Kier molecular flexibility index (Phi) is 5.08. The zero-order valence-electron chi connectivity index (χ0n) is 11.4. The Hall–Kier alpha value is -0.770. The number of para-hydroxylation sites is 1. The normalized spacial score (nSPS) is 25.0. The van der Waals surface area contributed by atoms with E-state index in [0.717, 1.165) is 44.6 Å². The Labute approximate surface area is 120 Å². The van der Waals surface area contributed by atoms with Crippen molar-refractivity contribution in [3.8, 4) is 5.75 Å². The van der Waals surface area contributed by atoms with Gasteiger partial charge >= 0.3 is 0 Å². The number of ether oxygens (including phenoxy) is 1. The summed E-state index contributed by atoms with van der Waals surface area (Å²) in [6.07, 6.45) is 2.76. The van der Waals surface area contributed by atoms with Crippen molar-refractivity contribution in [1.29, 1.82) is 0 Å². The second-order valence-corrected chi connectivity index (χ2v) is 5.88. The van der Waals surface area contributed by atoms with Crippen LogP contribution in [0.5, 0.6) is 5.75 Å². The average Bonchev–Trinajstić information content (AvgIpc) is 2.53. The molecule has 2 rings (SSSR count). The van der Waals surface area contributed by atoms with E-state index < -0.39 is 5.60 Å². The van der Waals surface area contributed by atoms with Crippen LogP contribution >= 0.6 is 11.6 Å². The van der Waals surface area contributed by atoms with Crippen molar-refractivity contribution < 1.29 is 9.84 Å². The molecule has 19 heavy (non-hydrogen) atoms. The summed E-state index contributed by atoms with van der Waals surface area (Å²) >= 11 is 6.04. The van der Waals surface area contributed by atoms with Crippen molar-refractivity contribution in [2.45, 2.75) is 31.8 Å². The molecular formula is C15H22ClNO2. The number of likely N-dealkylation sites (tertiary alicyclic amines) is 1. The zero-order chi connectivity index (χ0) is 13.7. The molecule has 1 N–H and O–H groups in total. The van der Waals surface area contributed by atoms with Gasteiger partial charge in [-0.25, -0.2) is 0 Å². The molecule has 0 amide bonds. The second-order valence-electron chi connectivity index (χ2n) is 5.47. The van der Waals surface area contributed by atoms with Gasteiger partial charge in [0.2, 0.25) is 0 Å². The fraction of sp³-hybridized carbons (Fsp3) is 0.600. The first-order chi connectivity index (χ1) is 9.07. The van der Waals surface area contributed by atoms with E-state index in [1.165, 1.54) is 0 Å². The van der Waals surface area contributed by atoms with E-state index in [4.69, 9.17) is 16.3 Å². The van der Waals surface area contributed by atoms with Gasteiger partial charge in [-0.3, -0.25) is 4.90 Å². The molecule has 0 saturated carbocycles. The maximum Gasteiger partial charge on any atom is 0.137 e. The smallest absolute Gasteiger partial charge is 0.137 e. The van der Waals surface area contributed by atoms with Crippen LogP contribution in [0.2, 0.25) is 5.02 Å². The molecule has 4 heteroatoms. The van der Waals surface area contributed by atoms with Crippen LogP contribution in [0.1, 0.15) is 26.2 Å². The maximum atomic E-state index is 10.0. The third-order valence-corrected chi connectivity index (χ3v) is 3.97. The fourth-order valence-corrected chi connectivity index (χ4v) is 2.58. The minimum Gasteiger partial charge on any atom is -0.491 e. The van der Waals surface area contributed by atoms with Crippen molar-refractivity contribution in [3.05, 3.63) is 29.3 Å². The molecule has 1 heterocycles. The van der Waals surface area contributed by atoms with E-state index in [9.17, 15) is 5.11 Å². The Morgan fingerprint density at radius 1 is 1.32 bits per heavy atom. The monoisotopic (exact) mass is 283 g/mol. The zero-order valence-corrected chi connectivity index (χ0v) is 12.2. The summed E-state index contributed by atoms with van der Waals surface area (Å²) in [4.78, 5) is 2.35. The Morgan fingerprint density at radius 3 is 2.89 bits per heavy atom. The molecule has 0 bridgehead atoms. The van der Waals surface area contributed by atoms with Crippen molar-refractivity contribution >= 4 is 11.6 Å². The van der Waals surface area contributed by atoms with E-state index >= 15 is 0 Å². The lowest BCUT2D eigenvalue weighted by molar-refractivity contribution is 0.0442. The molecule has 0 aromatic heterocycles. The predicted octanol–water partition coefficient (Wildman–Crippen LogP) is 2.96. The molecule has 1 aliphatic rings. The largest absolute Gasteiger partial charge is 0.491 e. The topological polar surface area (TPSA) is 32.7 Å². The van der Waals surface area contributed by atoms with E-state index in [1.54, 1.807) is 0 Å². The Bertz CT molecular complexity index is 409. The van der Waals surface area contributed by atoms with Crippen molar-refractivity contribution in [2.24, 2.45) is 0 Å². The minimum atomic E-state index is -0.502. The number of hydrogen-bond donors (Lipinski definition) is 1. The number of rotatable bonds is 4. The standard InChI is InChI=1S/C15H22ClNO2/c1-15(18)7-4-9-17(10-8-15)11-12-19-14-6-3-2-5-13(14)16/h2-3,5-6,18H,4,7-12H2,1H3. The van der Waals surface area contributed by atoms with Gasteiger partial charge < -0.3 is 9.84 Å². The molecular weight excluding hydrogens is 262 g/mol. The van der Waals surface area contributed by atoms with Crippen LogP contribution in [0.4, 0.5) is 0 Å². The van der Waals surface area contributed by atoms with Gasteiger partial charge in [0.25, 0.3) is 0 Å². The molecule has 1 atom stereocenters. The first-order valence-electron chi connectivity index (χ1n) is 6.89. The molecule has 0 radical (unpaired) electrons. The maximum absolute atomic E-state index is 10.0. The van der Waals surface area contributed by atoms with E-state index in [0.29, 0.717) is 11.6 Å². The van der Waals surface area contributed by atoms with Gasteiger partial charge in [-0.05, 0) is 44.9 Å². The lowest BCUT2D eigenvalue weighted by Crippen LogP contribution is -2.31. The van der Waals surface area contributed by atoms with E-state index in [2.05, 4.69) is 4.90 Å². The van der Waals surface area contributed by atoms with Crippen LogP contribution in [-0.4, -0.2) is 41.8 Å². The fourth-order valence-electron chi connectivity index (χ4n) is 2.39. The molecule has 1 fully saturated rings. The highest BCUT2D eigenvalue weighted by molar-refractivity contribution is 6.32. The molecule has 1 saturated heterocycles. The first kappa shape index (κ1) is 14.6. The molecule has 1 aliphatic heterocycles. The quantitative estimate of drug-likeness (QED) is 0.922. The number of aliphatic hydroxyl groups is 1. The van der Waals surface area contributed by atoms with Gasteiger partial charge in [0.1, 0.15) is 12.4 Å². The number of nitrogens with zero attached hydrogens (tertiary/aromatic N) is 1. The van der Waals surface area contributed by atoms with Gasteiger partial charge in [0.15, 0.2) is 0 Å². The minimum absolute atomic E-state index is 0.502. The van der Waals surface area contributed by atoms with Crippen molar-refractivity contribution in [3.63, 3.8) is 0 Å². The lowest BCUT2D eigenvalue weighted by Gasteiger charge is -2.22. The summed E-state index contributed by atoms with van der Waals surface area (Å²) in [6, 6.07) is 7.53. The summed E-state index contributed by atoms with van der Waals surface area (Å²) in [5.41, 5.74) is -0.502. The van der Waals surface area contributed by atoms with Gasteiger partial charge in [0.05, 0.1) is 10.6 Å². The summed E-state index contributed by atoms with van der Waals surface area (Å²) < 4.78 is 5.70. The van der Waals surface area contributed by atoms with E-state index in [-0.39, 0.29) is 0 Å². The summed E-state index contributed by atoms with van der Waals surface area (Å²) in [6.45, 7) is 5.39. The number of hydrogen-bond acceptors (Lipinski definition) is 3. The molecule has 106 valence electrons. The summed E-state index contributed by atoms with van der Waals surface area (Å²) in [5.74, 6) is 0.742. The van der Waals surface area contributed by atoms with Crippen molar-refractivity contribution in [1.82, 2.24) is 4.90 Å². The highest BCUT2D eigenvalue weighted by Crippen LogP contribution is 2.23. The molecule has 1 aromatic carbocycles. The predicted molar refractivity (Wildman–Crippen MR) is 77.9 cm³/mol. The van der Waals surface area contributed by atoms with Gasteiger partial charge in [-0.1, -0.05) is 23.7 Å². The Balaban J connectivity index is 1.75. The Morgan fingerprint density at radius 2 is 2.11 bits per heavy atom. The highest BCUT2D eigenvalue weighted by Gasteiger charge is 2.24.